The zero-order valence-corrected chi connectivity index (χ0v) is 10.6. The molecule has 1 atom stereocenters. The van der Waals surface area contributed by atoms with E-state index in [1.54, 1.807) is 12.1 Å². The second kappa shape index (κ2) is 4.98. The van der Waals surface area contributed by atoms with Crippen LogP contribution in [0.15, 0.2) is 22.7 Å². The van der Waals surface area contributed by atoms with Gasteiger partial charge >= 0.3 is 6.18 Å². The van der Waals surface area contributed by atoms with Crippen molar-refractivity contribution in [2.24, 2.45) is 0 Å². The molecule has 94 valence electrons. The zero-order chi connectivity index (χ0) is 12.5. The smallest absolute Gasteiger partial charge is 0.381 e. The molecule has 1 aromatic rings. The van der Waals surface area contributed by atoms with Crippen LogP contribution in [0.1, 0.15) is 29.9 Å². The van der Waals surface area contributed by atoms with Crippen LogP contribution in [0.4, 0.5) is 13.2 Å². The van der Waals surface area contributed by atoms with Gasteiger partial charge in [0.25, 0.3) is 0 Å². The van der Waals surface area contributed by atoms with Gasteiger partial charge in [-0.1, -0.05) is 22.0 Å². The molecule has 0 radical (unpaired) electrons. The molecule has 1 nitrogen and oxygen atoms in total. The Balaban J connectivity index is 2.38. The predicted octanol–water partition coefficient (Wildman–Crippen LogP) is 4.36. The highest BCUT2D eigenvalue weighted by molar-refractivity contribution is 9.10. The minimum Gasteiger partial charge on any atom is -0.381 e. The van der Waals surface area contributed by atoms with Crippen LogP contribution < -0.4 is 0 Å². The van der Waals surface area contributed by atoms with Gasteiger partial charge in [0.2, 0.25) is 0 Å². The summed E-state index contributed by atoms with van der Waals surface area (Å²) in [7, 11) is 0. The summed E-state index contributed by atoms with van der Waals surface area (Å²) < 4.78 is 44.5. The molecule has 0 bridgehead atoms. The van der Waals surface area contributed by atoms with Gasteiger partial charge < -0.3 is 4.74 Å². The summed E-state index contributed by atoms with van der Waals surface area (Å²) >= 11 is 3.08. The maximum atomic E-state index is 12.9. The molecule has 1 aromatic carbocycles. The van der Waals surface area contributed by atoms with E-state index < -0.39 is 11.7 Å². The lowest BCUT2D eigenvalue weighted by Crippen LogP contribution is -2.19. The van der Waals surface area contributed by atoms with Crippen molar-refractivity contribution in [2.75, 3.05) is 13.2 Å². The van der Waals surface area contributed by atoms with Crippen molar-refractivity contribution >= 4 is 15.9 Å². The number of hydrogen-bond donors (Lipinski definition) is 0. The number of halogens is 4. The molecular weight excluding hydrogens is 297 g/mol. The van der Waals surface area contributed by atoms with E-state index in [2.05, 4.69) is 15.9 Å². The van der Waals surface area contributed by atoms with Crippen LogP contribution in [0.25, 0.3) is 0 Å². The highest BCUT2D eigenvalue weighted by Crippen LogP contribution is 2.39. The van der Waals surface area contributed by atoms with E-state index >= 15 is 0 Å². The van der Waals surface area contributed by atoms with Gasteiger partial charge in [-0.3, -0.25) is 0 Å². The molecule has 0 spiro atoms. The highest BCUT2D eigenvalue weighted by atomic mass is 79.9. The van der Waals surface area contributed by atoms with E-state index in [0.717, 1.165) is 18.9 Å². The monoisotopic (exact) mass is 308 g/mol. The third kappa shape index (κ3) is 3.01. The van der Waals surface area contributed by atoms with Crippen molar-refractivity contribution in [1.82, 2.24) is 0 Å². The number of alkyl halides is 3. The standard InChI is InChI=1S/C12H12BrF3O/c13-9-3-4-10(8-2-1-5-17-7-8)11(6-9)12(14,15)16/h3-4,6,8H,1-2,5,7H2. The van der Waals surface area contributed by atoms with Crippen LogP contribution in [-0.2, 0) is 10.9 Å². The Labute approximate surface area is 106 Å². The largest absolute Gasteiger partial charge is 0.416 e. The van der Waals surface area contributed by atoms with Crippen molar-refractivity contribution < 1.29 is 17.9 Å². The summed E-state index contributed by atoms with van der Waals surface area (Å²) in [6, 6.07) is 4.34. The topological polar surface area (TPSA) is 9.23 Å². The van der Waals surface area contributed by atoms with Crippen LogP contribution in [0.5, 0.6) is 0 Å². The van der Waals surface area contributed by atoms with Crippen LogP contribution in [-0.4, -0.2) is 13.2 Å². The van der Waals surface area contributed by atoms with E-state index in [1.807, 2.05) is 0 Å². The molecule has 1 fully saturated rings. The van der Waals surface area contributed by atoms with Gasteiger partial charge in [0.1, 0.15) is 0 Å². The van der Waals surface area contributed by atoms with Crippen molar-refractivity contribution in [3.05, 3.63) is 33.8 Å². The number of ether oxygens (including phenoxy) is 1. The highest BCUT2D eigenvalue weighted by Gasteiger charge is 2.35. The van der Waals surface area contributed by atoms with Gasteiger partial charge in [0, 0.05) is 17.0 Å². The lowest BCUT2D eigenvalue weighted by molar-refractivity contribution is -0.138. The van der Waals surface area contributed by atoms with Crippen LogP contribution >= 0.6 is 15.9 Å². The molecule has 0 amide bonds. The molecule has 1 aliphatic heterocycles. The first kappa shape index (κ1) is 12.9. The molecule has 1 aliphatic rings. The van der Waals surface area contributed by atoms with E-state index in [4.69, 9.17) is 4.74 Å². The second-order valence-electron chi connectivity index (χ2n) is 4.14. The molecule has 1 heterocycles. The minimum absolute atomic E-state index is 0.145. The van der Waals surface area contributed by atoms with Crippen molar-refractivity contribution in [3.8, 4) is 0 Å². The average molecular weight is 309 g/mol. The lowest BCUT2D eigenvalue weighted by atomic mass is 9.90. The first-order chi connectivity index (χ1) is 7.98. The maximum Gasteiger partial charge on any atom is 0.416 e. The number of benzene rings is 1. The van der Waals surface area contributed by atoms with E-state index in [9.17, 15) is 13.2 Å². The normalized spacial score (nSPS) is 21.5. The van der Waals surface area contributed by atoms with Gasteiger partial charge in [-0.2, -0.15) is 13.2 Å². The van der Waals surface area contributed by atoms with Crippen molar-refractivity contribution in [1.29, 1.82) is 0 Å². The van der Waals surface area contributed by atoms with Crippen molar-refractivity contribution in [3.63, 3.8) is 0 Å². The first-order valence-electron chi connectivity index (χ1n) is 5.43. The summed E-state index contributed by atoms with van der Waals surface area (Å²) in [6.07, 6.45) is -2.74. The fourth-order valence-corrected chi connectivity index (χ4v) is 2.48. The van der Waals surface area contributed by atoms with E-state index in [-0.39, 0.29) is 5.92 Å². The second-order valence-corrected chi connectivity index (χ2v) is 5.06. The fourth-order valence-electron chi connectivity index (χ4n) is 2.12. The molecule has 0 aliphatic carbocycles. The predicted molar refractivity (Wildman–Crippen MR) is 61.9 cm³/mol. The summed E-state index contributed by atoms with van der Waals surface area (Å²) in [6.45, 7) is 1.03. The molecule has 0 saturated carbocycles. The van der Waals surface area contributed by atoms with Crippen LogP contribution in [0.2, 0.25) is 0 Å². The van der Waals surface area contributed by atoms with E-state index in [1.165, 1.54) is 0 Å². The third-order valence-corrected chi connectivity index (χ3v) is 3.41. The molecule has 1 unspecified atom stereocenters. The maximum absolute atomic E-state index is 12.9. The number of hydrogen-bond acceptors (Lipinski definition) is 1. The Morgan fingerprint density at radius 1 is 1.29 bits per heavy atom. The Bertz CT molecular complexity index is 397. The zero-order valence-electron chi connectivity index (χ0n) is 9.06. The molecule has 5 heteroatoms. The van der Waals surface area contributed by atoms with Crippen LogP contribution in [0, 0.1) is 0 Å². The van der Waals surface area contributed by atoms with Gasteiger partial charge in [-0.25, -0.2) is 0 Å². The molecule has 2 rings (SSSR count). The summed E-state index contributed by atoms with van der Waals surface area (Å²) in [4.78, 5) is 0. The van der Waals surface area contributed by atoms with Crippen LogP contribution in [0.3, 0.4) is 0 Å². The van der Waals surface area contributed by atoms with Gasteiger partial charge in [0.05, 0.1) is 12.2 Å². The summed E-state index contributed by atoms with van der Waals surface area (Å²) in [5.41, 5.74) is -0.206. The fraction of sp³-hybridized carbons (Fsp3) is 0.500. The summed E-state index contributed by atoms with van der Waals surface area (Å²) in [5.74, 6) is -0.145. The Kier molecular flexibility index (Phi) is 3.78. The SMILES string of the molecule is FC(F)(F)c1cc(Br)ccc1C1CCCOC1. The Morgan fingerprint density at radius 3 is 2.65 bits per heavy atom. The molecule has 1 saturated heterocycles. The lowest BCUT2D eigenvalue weighted by Gasteiger charge is -2.25. The molecular formula is C12H12BrF3O. The minimum atomic E-state index is -4.31. The van der Waals surface area contributed by atoms with Gasteiger partial charge in [-0.15, -0.1) is 0 Å². The Hall–Kier alpha value is -0.550. The Morgan fingerprint density at radius 2 is 2.06 bits per heavy atom. The number of rotatable bonds is 1. The molecule has 0 N–H and O–H groups in total. The quantitative estimate of drug-likeness (QED) is 0.749. The first-order valence-corrected chi connectivity index (χ1v) is 6.22. The summed E-state index contributed by atoms with van der Waals surface area (Å²) in [5, 5.41) is 0. The average Bonchev–Trinajstić information content (AvgIpc) is 2.29. The molecule has 0 aromatic heterocycles. The van der Waals surface area contributed by atoms with Gasteiger partial charge in [-0.05, 0) is 30.5 Å². The van der Waals surface area contributed by atoms with Gasteiger partial charge in [0.15, 0.2) is 0 Å². The van der Waals surface area contributed by atoms with Crippen molar-refractivity contribution in [2.45, 2.75) is 24.9 Å². The van der Waals surface area contributed by atoms with E-state index in [0.29, 0.717) is 23.2 Å². The third-order valence-electron chi connectivity index (χ3n) is 2.92. The molecule has 17 heavy (non-hydrogen) atoms.